The molecule has 1 aromatic rings. The first-order valence-corrected chi connectivity index (χ1v) is 2.52. The summed E-state index contributed by atoms with van der Waals surface area (Å²) in [5.74, 6) is -0.150. The summed E-state index contributed by atoms with van der Waals surface area (Å²) in [7, 11) is 0. The highest BCUT2D eigenvalue weighted by atomic mass is 19.1. The minimum atomic E-state index is -0.150. The fraction of sp³-hybridized carbons (Fsp3) is 0.333. The van der Waals surface area contributed by atoms with Gasteiger partial charge in [0.05, 0.1) is 0 Å². The minimum absolute atomic E-state index is 0.150. The average Bonchev–Trinajstić information content (AvgIpc) is 1.85. The lowest BCUT2D eigenvalue weighted by atomic mass is 10.4. The quantitative estimate of drug-likeness (QED) is 0.527. The van der Waals surface area contributed by atoms with Crippen molar-refractivity contribution in [1.82, 2.24) is 4.98 Å². The van der Waals surface area contributed by atoms with Crippen LogP contribution in [0, 0.1) is 19.7 Å². The third-order valence-corrected chi connectivity index (χ3v) is 1.09. The predicted molar refractivity (Wildman–Crippen MR) is 30.2 cm³/mol. The number of rotatable bonds is 0. The molecule has 0 spiro atoms. The third kappa shape index (κ3) is 0.735. The monoisotopic (exact) mass is 113 g/mol. The van der Waals surface area contributed by atoms with Gasteiger partial charge in [-0.15, -0.1) is 0 Å². The zero-order valence-electron chi connectivity index (χ0n) is 4.96. The molecule has 0 aromatic carbocycles. The molecule has 0 fully saturated rings. The fourth-order valence-corrected chi connectivity index (χ4v) is 0.690. The molecule has 0 aliphatic rings. The number of hydrogen-bond donors (Lipinski definition) is 1. The summed E-state index contributed by atoms with van der Waals surface area (Å²) in [5.41, 5.74) is 1.49. The number of nitrogens with one attached hydrogen (secondary N) is 1. The number of H-pyrrole nitrogens is 1. The van der Waals surface area contributed by atoms with Gasteiger partial charge in [0.25, 0.3) is 0 Å². The highest BCUT2D eigenvalue weighted by Gasteiger charge is 1.96. The Bertz CT molecular complexity index is 171. The SMILES string of the molecule is Cc1cc(F)c(C)[nH]1. The lowest BCUT2D eigenvalue weighted by Gasteiger charge is -1.79. The van der Waals surface area contributed by atoms with Crippen LogP contribution in [0.3, 0.4) is 0 Å². The minimum Gasteiger partial charge on any atom is -0.360 e. The summed E-state index contributed by atoms with van der Waals surface area (Å²) in [6.07, 6.45) is 0. The number of aromatic nitrogens is 1. The van der Waals surface area contributed by atoms with Crippen molar-refractivity contribution >= 4 is 0 Å². The number of hydrogen-bond acceptors (Lipinski definition) is 0. The fourth-order valence-electron chi connectivity index (χ4n) is 0.690. The van der Waals surface area contributed by atoms with E-state index in [0.29, 0.717) is 5.69 Å². The molecule has 0 atom stereocenters. The molecule has 1 aromatic heterocycles. The van der Waals surface area contributed by atoms with Crippen molar-refractivity contribution in [2.75, 3.05) is 0 Å². The highest BCUT2D eigenvalue weighted by Crippen LogP contribution is 2.04. The van der Waals surface area contributed by atoms with Crippen LogP contribution in [0.1, 0.15) is 11.4 Å². The van der Waals surface area contributed by atoms with Crippen LogP contribution < -0.4 is 0 Å². The second kappa shape index (κ2) is 1.62. The van der Waals surface area contributed by atoms with E-state index in [-0.39, 0.29) is 5.82 Å². The number of aryl methyl sites for hydroxylation is 2. The van der Waals surface area contributed by atoms with Crippen molar-refractivity contribution in [2.24, 2.45) is 0 Å². The summed E-state index contributed by atoms with van der Waals surface area (Å²) in [6.45, 7) is 3.54. The summed E-state index contributed by atoms with van der Waals surface area (Å²) in [4.78, 5) is 2.83. The lowest BCUT2D eigenvalue weighted by Crippen LogP contribution is -1.72. The molecule has 0 radical (unpaired) electrons. The van der Waals surface area contributed by atoms with Crippen LogP contribution >= 0.6 is 0 Å². The Morgan fingerprint density at radius 3 is 2.25 bits per heavy atom. The Morgan fingerprint density at radius 2 is 2.12 bits per heavy atom. The van der Waals surface area contributed by atoms with Crippen molar-refractivity contribution < 1.29 is 4.39 Å². The van der Waals surface area contributed by atoms with E-state index in [0.717, 1.165) is 5.69 Å². The van der Waals surface area contributed by atoms with Gasteiger partial charge in [-0.1, -0.05) is 0 Å². The van der Waals surface area contributed by atoms with Crippen LogP contribution in [0.15, 0.2) is 6.07 Å². The van der Waals surface area contributed by atoms with Crippen molar-refractivity contribution in [2.45, 2.75) is 13.8 Å². The summed E-state index contributed by atoms with van der Waals surface area (Å²) < 4.78 is 12.3. The van der Waals surface area contributed by atoms with Gasteiger partial charge in [0, 0.05) is 11.4 Å². The molecule has 0 saturated carbocycles. The average molecular weight is 113 g/mol. The van der Waals surface area contributed by atoms with E-state index in [9.17, 15) is 4.39 Å². The van der Waals surface area contributed by atoms with Gasteiger partial charge >= 0.3 is 0 Å². The molecule has 1 nitrogen and oxygen atoms in total. The van der Waals surface area contributed by atoms with Crippen LogP contribution in [0.2, 0.25) is 0 Å². The lowest BCUT2D eigenvalue weighted by molar-refractivity contribution is 0.619. The van der Waals surface area contributed by atoms with E-state index in [1.165, 1.54) is 6.07 Å². The largest absolute Gasteiger partial charge is 0.360 e. The normalized spacial score (nSPS) is 9.88. The van der Waals surface area contributed by atoms with Gasteiger partial charge in [-0.2, -0.15) is 0 Å². The zero-order valence-corrected chi connectivity index (χ0v) is 4.96. The molecule has 1 rings (SSSR count). The van der Waals surface area contributed by atoms with E-state index in [4.69, 9.17) is 0 Å². The molecular weight excluding hydrogens is 105 g/mol. The summed E-state index contributed by atoms with van der Waals surface area (Å²) >= 11 is 0. The Morgan fingerprint density at radius 1 is 1.50 bits per heavy atom. The van der Waals surface area contributed by atoms with E-state index < -0.39 is 0 Å². The topological polar surface area (TPSA) is 15.8 Å². The molecule has 0 bridgehead atoms. The summed E-state index contributed by atoms with van der Waals surface area (Å²) in [5, 5.41) is 0. The maximum absolute atomic E-state index is 12.3. The molecular formula is C6H8FN. The first-order valence-electron chi connectivity index (χ1n) is 2.52. The first-order chi connectivity index (χ1) is 3.70. The second-order valence-corrected chi connectivity index (χ2v) is 1.93. The van der Waals surface area contributed by atoms with Gasteiger partial charge < -0.3 is 4.98 Å². The maximum Gasteiger partial charge on any atom is 0.143 e. The van der Waals surface area contributed by atoms with Crippen LogP contribution in [-0.2, 0) is 0 Å². The second-order valence-electron chi connectivity index (χ2n) is 1.93. The molecule has 0 saturated heterocycles. The molecule has 0 amide bonds. The van der Waals surface area contributed by atoms with Gasteiger partial charge in [-0.25, -0.2) is 4.39 Å². The van der Waals surface area contributed by atoms with Crippen LogP contribution in [0.4, 0.5) is 4.39 Å². The molecule has 44 valence electrons. The van der Waals surface area contributed by atoms with E-state index in [2.05, 4.69) is 4.98 Å². The molecule has 1 heterocycles. The van der Waals surface area contributed by atoms with Crippen molar-refractivity contribution in [1.29, 1.82) is 0 Å². The van der Waals surface area contributed by atoms with E-state index in [1.807, 2.05) is 6.92 Å². The first kappa shape index (κ1) is 5.35. The predicted octanol–water partition coefficient (Wildman–Crippen LogP) is 1.77. The van der Waals surface area contributed by atoms with Gasteiger partial charge in [-0.05, 0) is 19.9 Å². The Labute approximate surface area is 47.5 Å². The number of halogens is 1. The van der Waals surface area contributed by atoms with Gasteiger partial charge in [0.1, 0.15) is 5.82 Å². The van der Waals surface area contributed by atoms with Gasteiger partial charge in [0.2, 0.25) is 0 Å². The molecule has 2 heteroatoms. The van der Waals surface area contributed by atoms with E-state index >= 15 is 0 Å². The molecule has 8 heavy (non-hydrogen) atoms. The van der Waals surface area contributed by atoms with E-state index in [1.54, 1.807) is 6.92 Å². The third-order valence-electron chi connectivity index (χ3n) is 1.09. The van der Waals surface area contributed by atoms with Gasteiger partial charge in [0.15, 0.2) is 0 Å². The maximum atomic E-state index is 12.3. The standard InChI is InChI=1S/C6H8FN/c1-4-3-6(7)5(2)8-4/h3,8H,1-2H3. The molecule has 1 N–H and O–H groups in total. The summed E-state index contributed by atoms with van der Waals surface area (Å²) in [6, 6.07) is 1.48. The highest BCUT2D eigenvalue weighted by molar-refractivity contribution is 5.12. The Kier molecular flexibility index (Phi) is 1.08. The molecule has 0 unspecified atom stereocenters. The number of aromatic amines is 1. The molecule has 0 aliphatic carbocycles. The van der Waals surface area contributed by atoms with Crippen LogP contribution in [0.25, 0.3) is 0 Å². The Hall–Kier alpha value is -0.790. The van der Waals surface area contributed by atoms with Gasteiger partial charge in [-0.3, -0.25) is 0 Å². The van der Waals surface area contributed by atoms with Crippen LogP contribution in [-0.4, -0.2) is 4.98 Å². The zero-order chi connectivity index (χ0) is 6.15. The van der Waals surface area contributed by atoms with Crippen molar-refractivity contribution in [3.8, 4) is 0 Å². The van der Waals surface area contributed by atoms with Crippen molar-refractivity contribution in [3.05, 3.63) is 23.3 Å². The Balaban J connectivity index is 3.14. The van der Waals surface area contributed by atoms with Crippen LogP contribution in [0.5, 0.6) is 0 Å². The smallest absolute Gasteiger partial charge is 0.143 e. The molecule has 0 aliphatic heterocycles. The van der Waals surface area contributed by atoms with Crippen molar-refractivity contribution in [3.63, 3.8) is 0 Å².